The van der Waals surface area contributed by atoms with E-state index in [1.807, 2.05) is 17.0 Å². The fraction of sp³-hybridized carbons (Fsp3) is 0.556. The number of likely N-dealkylation sites (tertiary alicyclic amines) is 1. The maximum absolute atomic E-state index is 12.5. The molecule has 3 amide bonds. The lowest BCUT2D eigenvalue weighted by atomic mass is 10.2. The average Bonchev–Trinajstić information content (AvgIpc) is 3.18. The Kier molecular flexibility index (Phi) is 6.14. The third-order valence-corrected chi connectivity index (χ3v) is 5.70. The number of carbonyl (C=O) groups is 2. The van der Waals surface area contributed by atoms with E-state index in [1.54, 1.807) is 17.9 Å². The molecule has 0 aliphatic carbocycles. The fourth-order valence-corrected chi connectivity index (χ4v) is 3.69. The number of rotatable bonds is 3. The van der Waals surface area contributed by atoms with Crippen LogP contribution in [0.1, 0.15) is 19.8 Å². The van der Waals surface area contributed by atoms with Crippen molar-refractivity contribution in [2.75, 3.05) is 44.2 Å². The van der Waals surface area contributed by atoms with E-state index in [0.29, 0.717) is 36.2 Å². The number of hydrogen-bond donors (Lipinski definition) is 1. The number of nitrogens with one attached hydrogen (secondary N) is 1. The minimum absolute atomic E-state index is 0.00490. The second-order valence-corrected chi connectivity index (χ2v) is 7.59. The Bertz CT molecular complexity index is 671. The highest BCUT2D eigenvalue weighted by Gasteiger charge is 2.27. The summed E-state index contributed by atoms with van der Waals surface area (Å²) in [5.41, 5.74) is 0.997. The van der Waals surface area contributed by atoms with Gasteiger partial charge in [0.2, 0.25) is 5.91 Å². The fourth-order valence-electron chi connectivity index (χ4n) is 3.40. The predicted molar refractivity (Wildman–Crippen MR) is 104 cm³/mol. The van der Waals surface area contributed by atoms with Crippen LogP contribution in [0.15, 0.2) is 18.2 Å². The second-order valence-electron chi connectivity index (χ2n) is 6.78. The first-order valence-corrected chi connectivity index (χ1v) is 9.75. The highest BCUT2D eigenvalue weighted by atomic mass is 35.5. The lowest BCUT2D eigenvalue weighted by molar-refractivity contribution is -0.131. The van der Waals surface area contributed by atoms with Crippen LogP contribution in [0.3, 0.4) is 0 Å². The zero-order valence-corrected chi connectivity index (χ0v) is 16.4. The number of amides is 3. The average molecular weight is 399 g/mol. The van der Waals surface area contributed by atoms with Crippen LogP contribution in [0.2, 0.25) is 10.0 Å². The van der Waals surface area contributed by atoms with Gasteiger partial charge in [-0.15, -0.1) is 0 Å². The second kappa shape index (κ2) is 8.35. The largest absolute Gasteiger partial charge is 0.368 e. The molecule has 1 N–H and O–H groups in total. The van der Waals surface area contributed by atoms with Crippen molar-refractivity contribution in [1.82, 2.24) is 15.1 Å². The Balaban J connectivity index is 1.50. The van der Waals surface area contributed by atoms with Crippen molar-refractivity contribution in [2.24, 2.45) is 0 Å². The Labute approximate surface area is 164 Å². The topological polar surface area (TPSA) is 55.9 Å². The van der Waals surface area contributed by atoms with Gasteiger partial charge in [0.05, 0.1) is 10.0 Å². The van der Waals surface area contributed by atoms with Crippen LogP contribution < -0.4 is 10.2 Å². The Hall–Kier alpha value is -1.66. The van der Waals surface area contributed by atoms with Crippen LogP contribution in [0.4, 0.5) is 10.5 Å². The van der Waals surface area contributed by atoms with Crippen molar-refractivity contribution >= 4 is 40.8 Å². The molecule has 6 nitrogen and oxygen atoms in total. The molecule has 0 saturated carbocycles. The van der Waals surface area contributed by atoms with E-state index in [2.05, 4.69) is 10.2 Å². The molecule has 2 aliphatic heterocycles. The summed E-state index contributed by atoms with van der Waals surface area (Å²) in [6.45, 7) is 5.94. The van der Waals surface area contributed by atoms with Gasteiger partial charge in [0, 0.05) is 45.0 Å². The SMILES string of the molecule is C[C@H](NC(=O)N1CCN(c2ccc(Cl)c(Cl)c2)CC1)C(=O)N1CCCC1. The van der Waals surface area contributed by atoms with E-state index in [-0.39, 0.29) is 11.9 Å². The smallest absolute Gasteiger partial charge is 0.318 e. The maximum Gasteiger partial charge on any atom is 0.318 e. The zero-order valence-electron chi connectivity index (χ0n) is 14.9. The monoisotopic (exact) mass is 398 g/mol. The summed E-state index contributed by atoms with van der Waals surface area (Å²) in [6, 6.07) is 4.88. The molecule has 2 heterocycles. The van der Waals surface area contributed by atoms with E-state index in [0.717, 1.165) is 31.6 Å². The van der Waals surface area contributed by atoms with Gasteiger partial charge in [0.15, 0.2) is 0 Å². The number of carbonyl (C=O) groups excluding carboxylic acids is 2. The van der Waals surface area contributed by atoms with Crippen LogP contribution >= 0.6 is 23.2 Å². The lowest BCUT2D eigenvalue weighted by Crippen LogP contribution is -2.55. The Morgan fingerprint density at radius 1 is 0.962 bits per heavy atom. The molecule has 0 radical (unpaired) electrons. The molecule has 1 aromatic rings. The van der Waals surface area contributed by atoms with Gasteiger partial charge in [0.25, 0.3) is 0 Å². The zero-order chi connectivity index (χ0) is 18.7. The summed E-state index contributed by atoms with van der Waals surface area (Å²) in [4.78, 5) is 30.5. The number of piperazine rings is 1. The molecule has 2 saturated heterocycles. The lowest BCUT2D eigenvalue weighted by Gasteiger charge is -2.36. The molecule has 0 aromatic heterocycles. The van der Waals surface area contributed by atoms with Crippen molar-refractivity contribution < 1.29 is 9.59 Å². The number of hydrogen-bond acceptors (Lipinski definition) is 3. The first-order chi connectivity index (χ1) is 12.5. The maximum atomic E-state index is 12.5. The normalized spacial score (nSPS) is 18.8. The van der Waals surface area contributed by atoms with Crippen molar-refractivity contribution in [1.29, 1.82) is 0 Å². The molecule has 142 valence electrons. The standard InChI is InChI=1S/C18H24Cl2N4O2/c1-13(17(25)23-6-2-3-7-23)21-18(26)24-10-8-22(9-11-24)14-4-5-15(19)16(20)12-14/h4-5,12-13H,2-3,6-11H2,1H3,(H,21,26)/t13-/m0/s1. The predicted octanol–water partition coefficient (Wildman–Crippen LogP) is 2.84. The third kappa shape index (κ3) is 4.35. The summed E-state index contributed by atoms with van der Waals surface area (Å²) in [5.74, 6) is 0.00490. The molecule has 0 bridgehead atoms. The van der Waals surface area contributed by atoms with E-state index >= 15 is 0 Å². The molecule has 26 heavy (non-hydrogen) atoms. The van der Waals surface area contributed by atoms with Crippen LogP contribution in [0.5, 0.6) is 0 Å². The van der Waals surface area contributed by atoms with Crippen molar-refractivity contribution in [3.63, 3.8) is 0 Å². The highest BCUT2D eigenvalue weighted by Crippen LogP contribution is 2.27. The van der Waals surface area contributed by atoms with E-state index in [9.17, 15) is 9.59 Å². The molecule has 0 unspecified atom stereocenters. The Morgan fingerprint density at radius 2 is 1.62 bits per heavy atom. The first kappa shape index (κ1) is 19.1. The molecular formula is C18H24Cl2N4O2. The van der Waals surface area contributed by atoms with Gasteiger partial charge < -0.3 is 20.0 Å². The number of nitrogens with zero attached hydrogens (tertiary/aromatic N) is 3. The summed E-state index contributed by atoms with van der Waals surface area (Å²) < 4.78 is 0. The Morgan fingerprint density at radius 3 is 2.23 bits per heavy atom. The molecule has 2 aliphatic rings. The van der Waals surface area contributed by atoms with Crippen LogP contribution in [0, 0.1) is 0 Å². The molecular weight excluding hydrogens is 375 g/mol. The van der Waals surface area contributed by atoms with Crippen molar-refractivity contribution in [3.05, 3.63) is 28.2 Å². The summed E-state index contributed by atoms with van der Waals surface area (Å²) in [5, 5.41) is 3.90. The van der Waals surface area contributed by atoms with Gasteiger partial charge in [-0.3, -0.25) is 4.79 Å². The number of anilines is 1. The molecule has 1 atom stereocenters. The quantitative estimate of drug-likeness (QED) is 0.851. The number of urea groups is 1. The summed E-state index contributed by atoms with van der Waals surface area (Å²) >= 11 is 12.0. The first-order valence-electron chi connectivity index (χ1n) is 9.00. The number of benzene rings is 1. The van der Waals surface area contributed by atoms with Crippen LogP contribution in [-0.4, -0.2) is 67.0 Å². The van der Waals surface area contributed by atoms with Crippen molar-refractivity contribution in [3.8, 4) is 0 Å². The molecule has 3 rings (SSSR count). The van der Waals surface area contributed by atoms with Gasteiger partial charge >= 0.3 is 6.03 Å². The van der Waals surface area contributed by atoms with E-state index < -0.39 is 6.04 Å². The molecule has 8 heteroatoms. The van der Waals surface area contributed by atoms with Gasteiger partial charge in [-0.25, -0.2) is 4.79 Å². The third-order valence-electron chi connectivity index (χ3n) is 4.96. The minimum Gasteiger partial charge on any atom is -0.368 e. The van der Waals surface area contributed by atoms with E-state index in [4.69, 9.17) is 23.2 Å². The van der Waals surface area contributed by atoms with Crippen LogP contribution in [0.25, 0.3) is 0 Å². The van der Waals surface area contributed by atoms with Crippen molar-refractivity contribution in [2.45, 2.75) is 25.8 Å². The van der Waals surface area contributed by atoms with Gasteiger partial charge in [-0.1, -0.05) is 23.2 Å². The van der Waals surface area contributed by atoms with Gasteiger partial charge in [0.1, 0.15) is 6.04 Å². The highest BCUT2D eigenvalue weighted by molar-refractivity contribution is 6.42. The number of halogens is 2. The van der Waals surface area contributed by atoms with Crippen LogP contribution in [-0.2, 0) is 4.79 Å². The molecule has 0 spiro atoms. The summed E-state index contributed by atoms with van der Waals surface area (Å²) in [6.07, 6.45) is 2.09. The molecule has 1 aromatic carbocycles. The minimum atomic E-state index is -0.492. The van der Waals surface area contributed by atoms with Gasteiger partial charge in [-0.05, 0) is 38.0 Å². The molecule has 2 fully saturated rings. The van der Waals surface area contributed by atoms with Gasteiger partial charge in [-0.2, -0.15) is 0 Å². The summed E-state index contributed by atoms with van der Waals surface area (Å²) in [7, 11) is 0. The van der Waals surface area contributed by atoms with E-state index in [1.165, 1.54) is 0 Å².